The van der Waals surface area contributed by atoms with Gasteiger partial charge in [0.15, 0.2) is 0 Å². The van der Waals surface area contributed by atoms with E-state index in [1.807, 2.05) is 36.2 Å². The fourth-order valence-electron chi connectivity index (χ4n) is 4.16. The summed E-state index contributed by atoms with van der Waals surface area (Å²) in [5.74, 6) is 2.21. The van der Waals surface area contributed by atoms with Crippen LogP contribution in [0.2, 0.25) is 0 Å². The Morgan fingerprint density at radius 2 is 2.00 bits per heavy atom. The van der Waals surface area contributed by atoms with E-state index in [2.05, 4.69) is 5.10 Å². The van der Waals surface area contributed by atoms with E-state index in [1.165, 1.54) is 6.42 Å². The van der Waals surface area contributed by atoms with Crippen molar-refractivity contribution in [3.8, 4) is 11.5 Å². The highest BCUT2D eigenvalue weighted by atomic mass is 16.5. The summed E-state index contributed by atoms with van der Waals surface area (Å²) in [6.07, 6.45) is 6.79. The molecule has 2 aromatic rings. The largest absolute Gasteiger partial charge is 0.497 e. The van der Waals surface area contributed by atoms with Crippen LogP contribution >= 0.6 is 0 Å². The number of aryl methyl sites for hydroxylation is 1. The van der Waals surface area contributed by atoms with Gasteiger partial charge in [0.1, 0.15) is 18.1 Å². The monoisotopic (exact) mass is 341 g/mol. The number of hydrogen-bond acceptors (Lipinski definition) is 4. The number of methoxy groups -OCH3 is 1. The van der Waals surface area contributed by atoms with Crippen LogP contribution in [0.5, 0.6) is 11.5 Å². The molecule has 0 radical (unpaired) electrons. The summed E-state index contributed by atoms with van der Waals surface area (Å²) >= 11 is 0. The second kappa shape index (κ2) is 6.43. The van der Waals surface area contributed by atoms with E-state index in [9.17, 15) is 4.79 Å². The van der Waals surface area contributed by atoms with Crippen molar-refractivity contribution in [3.05, 3.63) is 42.2 Å². The van der Waals surface area contributed by atoms with E-state index in [4.69, 9.17) is 9.47 Å². The molecule has 6 heteroatoms. The second-order valence-electron chi connectivity index (χ2n) is 6.90. The molecule has 2 heterocycles. The standard InChI is InChI=1S/C19H23N3O3/c1-21-11-14(10-20-21)19(23)22-15-4-3-13(9-15)18(22)12-25-17-7-5-16(24-2)6-8-17/h5-8,10-11,13,15,18H,3-4,9,12H2,1-2H3/t13-,15+,18-/m0/s1. The first-order valence-corrected chi connectivity index (χ1v) is 8.74. The van der Waals surface area contributed by atoms with Crippen LogP contribution in [0.1, 0.15) is 29.6 Å². The van der Waals surface area contributed by atoms with Crippen molar-refractivity contribution < 1.29 is 14.3 Å². The first kappa shape index (κ1) is 16.0. The summed E-state index contributed by atoms with van der Waals surface area (Å²) in [6.45, 7) is 0.527. The zero-order chi connectivity index (χ0) is 17.4. The van der Waals surface area contributed by atoms with Crippen molar-refractivity contribution in [2.24, 2.45) is 13.0 Å². The van der Waals surface area contributed by atoms with E-state index in [1.54, 1.807) is 24.2 Å². The maximum Gasteiger partial charge on any atom is 0.257 e. The van der Waals surface area contributed by atoms with Gasteiger partial charge in [0.2, 0.25) is 0 Å². The minimum Gasteiger partial charge on any atom is -0.497 e. The number of amides is 1. The number of fused-ring (bicyclic) bond motifs is 2. The minimum atomic E-state index is 0.0728. The molecule has 2 aliphatic rings. The minimum absolute atomic E-state index is 0.0728. The molecular formula is C19H23N3O3. The van der Waals surface area contributed by atoms with Gasteiger partial charge in [-0.15, -0.1) is 0 Å². The summed E-state index contributed by atoms with van der Waals surface area (Å²) in [5.41, 5.74) is 0.657. The fraction of sp³-hybridized carbons (Fsp3) is 0.474. The summed E-state index contributed by atoms with van der Waals surface area (Å²) in [6, 6.07) is 8.04. The number of benzene rings is 1. The Morgan fingerprint density at radius 3 is 2.68 bits per heavy atom. The Bertz CT molecular complexity index is 756. The normalized spacial score (nSPS) is 24.6. The lowest BCUT2D eigenvalue weighted by atomic mass is 9.99. The molecule has 1 aliphatic carbocycles. The van der Waals surface area contributed by atoms with Gasteiger partial charge in [-0.05, 0) is 49.4 Å². The van der Waals surface area contributed by atoms with Crippen LogP contribution < -0.4 is 9.47 Å². The molecule has 4 rings (SSSR count). The lowest BCUT2D eigenvalue weighted by molar-refractivity contribution is 0.0505. The van der Waals surface area contributed by atoms with Crippen molar-refractivity contribution >= 4 is 5.91 Å². The zero-order valence-electron chi connectivity index (χ0n) is 14.6. The highest BCUT2D eigenvalue weighted by Crippen LogP contribution is 2.43. The maximum absolute atomic E-state index is 13.0. The smallest absolute Gasteiger partial charge is 0.257 e. The molecule has 1 saturated carbocycles. The Labute approximate surface area is 147 Å². The third-order valence-electron chi connectivity index (χ3n) is 5.41. The molecule has 1 aromatic heterocycles. The summed E-state index contributed by atoms with van der Waals surface area (Å²) in [5, 5.41) is 4.13. The fourth-order valence-corrected chi connectivity index (χ4v) is 4.16. The summed E-state index contributed by atoms with van der Waals surface area (Å²) in [4.78, 5) is 15.0. The van der Waals surface area contributed by atoms with E-state index < -0.39 is 0 Å². The maximum atomic E-state index is 13.0. The van der Waals surface area contributed by atoms with Crippen molar-refractivity contribution in [2.45, 2.75) is 31.3 Å². The average molecular weight is 341 g/mol. The third-order valence-corrected chi connectivity index (χ3v) is 5.41. The van der Waals surface area contributed by atoms with Gasteiger partial charge in [0.25, 0.3) is 5.91 Å². The molecule has 1 aromatic carbocycles. The molecule has 2 fully saturated rings. The number of piperidine rings is 1. The number of nitrogens with zero attached hydrogens (tertiary/aromatic N) is 3. The number of ether oxygens (including phenoxy) is 2. The summed E-state index contributed by atoms with van der Waals surface area (Å²) < 4.78 is 12.8. The number of aromatic nitrogens is 2. The number of likely N-dealkylation sites (tertiary alicyclic amines) is 1. The molecule has 2 bridgehead atoms. The van der Waals surface area contributed by atoms with Gasteiger partial charge in [-0.2, -0.15) is 5.10 Å². The van der Waals surface area contributed by atoms with E-state index in [-0.39, 0.29) is 11.9 Å². The molecule has 6 nitrogen and oxygen atoms in total. The quantitative estimate of drug-likeness (QED) is 0.838. The van der Waals surface area contributed by atoms with Gasteiger partial charge in [-0.3, -0.25) is 9.48 Å². The van der Waals surface area contributed by atoms with Crippen LogP contribution in [-0.2, 0) is 7.05 Å². The number of carbonyl (C=O) groups excluding carboxylic acids is 1. The second-order valence-corrected chi connectivity index (χ2v) is 6.90. The molecule has 0 spiro atoms. The molecule has 1 aliphatic heterocycles. The van der Waals surface area contributed by atoms with E-state index in [0.29, 0.717) is 24.1 Å². The van der Waals surface area contributed by atoms with Crippen LogP contribution in [0.4, 0.5) is 0 Å². The van der Waals surface area contributed by atoms with Gasteiger partial charge in [0.05, 0.1) is 24.9 Å². The van der Waals surface area contributed by atoms with Crippen molar-refractivity contribution in [1.29, 1.82) is 0 Å². The lowest BCUT2D eigenvalue weighted by Gasteiger charge is -2.35. The first-order chi connectivity index (χ1) is 12.2. The molecule has 1 saturated heterocycles. The van der Waals surface area contributed by atoms with Gasteiger partial charge in [0, 0.05) is 19.3 Å². The van der Waals surface area contributed by atoms with Crippen LogP contribution in [0.15, 0.2) is 36.7 Å². The zero-order valence-corrected chi connectivity index (χ0v) is 14.6. The topological polar surface area (TPSA) is 56.6 Å². The third kappa shape index (κ3) is 2.97. The molecular weight excluding hydrogens is 318 g/mol. The van der Waals surface area contributed by atoms with Gasteiger partial charge >= 0.3 is 0 Å². The summed E-state index contributed by atoms with van der Waals surface area (Å²) in [7, 11) is 3.48. The lowest BCUT2D eigenvalue weighted by Crippen LogP contribution is -2.47. The van der Waals surface area contributed by atoms with Crippen LogP contribution in [0, 0.1) is 5.92 Å². The average Bonchev–Trinajstić information content (AvgIpc) is 3.35. The van der Waals surface area contributed by atoms with Crippen molar-refractivity contribution in [3.63, 3.8) is 0 Å². The number of hydrogen-bond donors (Lipinski definition) is 0. The molecule has 25 heavy (non-hydrogen) atoms. The van der Waals surface area contributed by atoms with Gasteiger partial charge in [-0.1, -0.05) is 0 Å². The number of rotatable bonds is 5. The molecule has 0 N–H and O–H groups in total. The molecule has 1 amide bonds. The highest BCUT2D eigenvalue weighted by molar-refractivity contribution is 5.94. The van der Waals surface area contributed by atoms with Gasteiger partial charge < -0.3 is 14.4 Å². The first-order valence-electron chi connectivity index (χ1n) is 8.74. The highest BCUT2D eigenvalue weighted by Gasteiger charge is 2.48. The van der Waals surface area contributed by atoms with Crippen LogP contribution in [0.3, 0.4) is 0 Å². The number of carbonyl (C=O) groups is 1. The Morgan fingerprint density at radius 1 is 1.24 bits per heavy atom. The predicted molar refractivity (Wildman–Crippen MR) is 92.8 cm³/mol. The van der Waals surface area contributed by atoms with E-state index >= 15 is 0 Å². The molecule has 132 valence electrons. The van der Waals surface area contributed by atoms with Gasteiger partial charge in [-0.25, -0.2) is 0 Å². The predicted octanol–water partition coefficient (Wildman–Crippen LogP) is 2.50. The SMILES string of the molecule is COc1ccc(OC[C@H]2[C@H]3CC[C@H](C3)N2C(=O)c2cnn(C)c2)cc1. The molecule has 3 atom stereocenters. The van der Waals surface area contributed by atoms with Crippen LogP contribution in [0.25, 0.3) is 0 Å². The Kier molecular flexibility index (Phi) is 4.11. The van der Waals surface area contributed by atoms with Crippen LogP contribution in [-0.4, -0.2) is 46.4 Å². The Balaban J connectivity index is 1.47. The van der Waals surface area contributed by atoms with Crippen molar-refractivity contribution in [2.75, 3.05) is 13.7 Å². The van der Waals surface area contributed by atoms with E-state index in [0.717, 1.165) is 24.3 Å². The van der Waals surface area contributed by atoms with Crippen molar-refractivity contribution in [1.82, 2.24) is 14.7 Å². The Hall–Kier alpha value is -2.50. The molecule has 0 unspecified atom stereocenters.